The van der Waals surface area contributed by atoms with Crippen LogP contribution in [0.3, 0.4) is 0 Å². The summed E-state index contributed by atoms with van der Waals surface area (Å²) in [5.41, 5.74) is 2.01. The van der Waals surface area contributed by atoms with Crippen LogP contribution in [-0.2, 0) is 9.84 Å². The van der Waals surface area contributed by atoms with Crippen LogP contribution in [0.1, 0.15) is 5.01 Å². The highest BCUT2D eigenvalue weighted by atomic mass is 32.2. The fourth-order valence-corrected chi connectivity index (χ4v) is 3.84. The van der Waals surface area contributed by atoms with Crippen molar-refractivity contribution in [3.05, 3.63) is 52.6 Å². The van der Waals surface area contributed by atoms with Crippen LogP contribution in [0.25, 0.3) is 22.4 Å². The largest absolute Gasteiger partial charge is 0.264 e. The number of aromatic nitrogens is 2. The van der Waals surface area contributed by atoms with Crippen molar-refractivity contribution in [2.75, 3.05) is 6.26 Å². The summed E-state index contributed by atoms with van der Waals surface area (Å²) < 4.78 is 51.4. The highest BCUT2D eigenvalue weighted by molar-refractivity contribution is 7.90. The monoisotopic (exact) mass is 366 g/mol. The molecule has 3 rings (SSSR count). The number of halogens is 2. The molecule has 2 aromatic heterocycles. The summed E-state index contributed by atoms with van der Waals surface area (Å²) in [6, 6.07) is 3.70. The van der Waals surface area contributed by atoms with Gasteiger partial charge in [0.05, 0.1) is 10.7 Å². The first-order valence-corrected chi connectivity index (χ1v) is 9.60. The number of hydrogen-bond donors (Lipinski definition) is 0. The summed E-state index contributed by atoms with van der Waals surface area (Å²) in [5.74, 6) is -2.26. The first-order valence-electron chi connectivity index (χ1n) is 6.83. The predicted octanol–water partition coefficient (Wildman–Crippen LogP) is 3.86. The number of rotatable bonds is 3. The van der Waals surface area contributed by atoms with E-state index in [-0.39, 0.29) is 5.56 Å². The van der Waals surface area contributed by atoms with Crippen molar-refractivity contribution in [1.82, 2.24) is 9.97 Å². The summed E-state index contributed by atoms with van der Waals surface area (Å²) in [6.45, 7) is 1.86. The van der Waals surface area contributed by atoms with Gasteiger partial charge in [-0.05, 0) is 30.7 Å². The third-order valence-corrected chi connectivity index (χ3v) is 5.30. The molecule has 0 amide bonds. The maximum Gasteiger partial charge on any atom is 0.181 e. The Bertz CT molecular complexity index is 1010. The second-order valence-corrected chi connectivity index (χ2v) is 8.23. The van der Waals surface area contributed by atoms with Crippen LogP contribution in [0, 0.1) is 18.6 Å². The van der Waals surface area contributed by atoms with Crippen LogP contribution in [-0.4, -0.2) is 24.6 Å². The minimum absolute atomic E-state index is 0.200. The summed E-state index contributed by atoms with van der Waals surface area (Å²) >= 11 is 1.46. The van der Waals surface area contributed by atoms with Gasteiger partial charge in [0.25, 0.3) is 0 Å². The molecule has 2 heterocycles. The molecule has 0 bridgehead atoms. The molecule has 0 aliphatic carbocycles. The number of sulfone groups is 1. The van der Waals surface area contributed by atoms with Crippen LogP contribution < -0.4 is 0 Å². The second kappa shape index (κ2) is 6.03. The molecule has 0 saturated heterocycles. The molecule has 0 N–H and O–H groups in total. The summed E-state index contributed by atoms with van der Waals surface area (Å²) in [6.07, 6.45) is 3.80. The van der Waals surface area contributed by atoms with E-state index in [9.17, 15) is 17.2 Å². The van der Waals surface area contributed by atoms with E-state index >= 15 is 0 Å². The Morgan fingerprint density at radius 2 is 1.79 bits per heavy atom. The fourth-order valence-electron chi connectivity index (χ4n) is 2.40. The zero-order chi connectivity index (χ0) is 17.5. The Balaban J connectivity index is 2.21. The van der Waals surface area contributed by atoms with Gasteiger partial charge >= 0.3 is 0 Å². The van der Waals surface area contributed by atoms with E-state index in [4.69, 9.17) is 0 Å². The molecule has 124 valence electrons. The Morgan fingerprint density at radius 1 is 1.12 bits per heavy atom. The number of thiazole rings is 1. The van der Waals surface area contributed by atoms with E-state index in [1.165, 1.54) is 17.5 Å². The van der Waals surface area contributed by atoms with Crippen molar-refractivity contribution < 1.29 is 17.2 Å². The average Bonchev–Trinajstić information content (AvgIpc) is 2.91. The fraction of sp³-hybridized carbons (Fsp3) is 0.125. The molecule has 0 aliphatic rings. The summed E-state index contributed by atoms with van der Waals surface area (Å²) in [7, 11) is -4.00. The number of benzene rings is 1. The average molecular weight is 366 g/mol. The SMILES string of the molecule is Cc1nc(-c2ccncc2-c2cc(F)c(S(C)(=O)=O)c(F)c2)cs1. The molecule has 0 saturated carbocycles. The van der Waals surface area contributed by atoms with Gasteiger partial charge in [-0.25, -0.2) is 22.2 Å². The van der Waals surface area contributed by atoms with E-state index in [1.807, 2.05) is 12.3 Å². The van der Waals surface area contributed by atoms with Crippen molar-refractivity contribution in [2.24, 2.45) is 0 Å². The lowest BCUT2D eigenvalue weighted by Crippen LogP contribution is -2.05. The van der Waals surface area contributed by atoms with Crippen LogP contribution in [0.2, 0.25) is 0 Å². The Labute approximate surface area is 141 Å². The standard InChI is InChI=1S/C16H12F2N2O2S2/c1-9-20-15(8-23-9)11-3-4-19-7-12(11)10-5-13(17)16(14(18)6-10)24(2,21)22/h3-8H,1-2H3. The third kappa shape index (κ3) is 3.07. The quantitative estimate of drug-likeness (QED) is 0.706. The maximum atomic E-state index is 14.2. The highest BCUT2D eigenvalue weighted by Gasteiger charge is 2.22. The highest BCUT2D eigenvalue weighted by Crippen LogP contribution is 2.34. The van der Waals surface area contributed by atoms with Crippen LogP contribution >= 0.6 is 11.3 Å². The van der Waals surface area contributed by atoms with Gasteiger partial charge in [-0.1, -0.05) is 0 Å². The van der Waals surface area contributed by atoms with Crippen molar-refractivity contribution in [3.63, 3.8) is 0 Å². The molecule has 0 fully saturated rings. The second-order valence-electron chi connectivity index (χ2n) is 5.21. The lowest BCUT2D eigenvalue weighted by atomic mass is 10.0. The van der Waals surface area contributed by atoms with Crippen molar-refractivity contribution in [1.29, 1.82) is 0 Å². The number of pyridine rings is 1. The Kier molecular flexibility index (Phi) is 4.18. The van der Waals surface area contributed by atoms with Crippen LogP contribution in [0.15, 0.2) is 40.9 Å². The first-order chi connectivity index (χ1) is 11.3. The zero-order valence-electron chi connectivity index (χ0n) is 12.7. The molecule has 0 unspecified atom stereocenters. The van der Waals surface area contributed by atoms with Gasteiger partial charge in [-0.3, -0.25) is 4.98 Å². The predicted molar refractivity (Wildman–Crippen MR) is 88.5 cm³/mol. The molecule has 4 nitrogen and oxygen atoms in total. The third-order valence-electron chi connectivity index (χ3n) is 3.40. The molecule has 0 spiro atoms. The van der Waals surface area contributed by atoms with Gasteiger partial charge in [0.2, 0.25) is 0 Å². The van der Waals surface area contributed by atoms with E-state index in [1.54, 1.807) is 12.3 Å². The Hall–Kier alpha value is -2.19. The number of aryl methyl sites for hydroxylation is 1. The van der Waals surface area contributed by atoms with E-state index in [0.29, 0.717) is 16.8 Å². The van der Waals surface area contributed by atoms with E-state index < -0.39 is 26.4 Å². The molecule has 8 heteroatoms. The topological polar surface area (TPSA) is 59.9 Å². The molecular formula is C16H12F2N2O2S2. The number of nitrogens with zero attached hydrogens (tertiary/aromatic N) is 2. The molecule has 24 heavy (non-hydrogen) atoms. The van der Waals surface area contributed by atoms with Gasteiger partial charge < -0.3 is 0 Å². The summed E-state index contributed by atoms with van der Waals surface area (Å²) in [4.78, 5) is 7.44. The van der Waals surface area contributed by atoms with Gasteiger partial charge in [0.15, 0.2) is 9.84 Å². The maximum absolute atomic E-state index is 14.2. The van der Waals surface area contributed by atoms with E-state index in [0.717, 1.165) is 23.4 Å². The Morgan fingerprint density at radius 3 is 2.33 bits per heavy atom. The van der Waals surface area contributed by atoms with Crippen molar-refractivity contribution in [2.45, 2.75) is 11.8 Å². The van der Waals surface area contributed by atoms with Crippen LogP contribution in [0.5, 0.6) is 0 Å². The molecule has 1 aromatic carbocycles. The molecule has 0 atom stereocenters. The number of hydrogen-bond acceptors (Lipinski definition) is 5. The van der Waals surface area contributed by atoms with Crippen molar-refractivity contribution in [3.8, 4) is 22.4 Å². The van der Waals surface area contributed by atoms with E-state index in [2.05, 4.69) is 9.97 Å². The normalized spacial score (nSPS) is 11.7. The minimum Gasteiger partial charge on any atom is -0.264 e. The van der Waals surface area contributed by atoms with Gasteiger partial charge in [-0.2, -0.15) is 0 Å². The summed E-state index contributed by atoms with van der Waals surface area (Å²) in [5, 5.41) is 2.70. The smallest absolute Gasteiger partial charge is 0.181 e. The molecule has 0 radical (unpaired) electrons. The van der Waals surface area contributed by atoms with Gasteiger partial charge in [0.1, 0.15) is 16.5 Å². The van der Waals surface area contributed by atoms with Gasteiger partial charge in [-0.15, -0.1) is 11.3 Å². The molecular weight excluding hydrogens is 354 g/mol. The lowest BCUT2D eigenvalue weighted by Gasteiger charge is -2.10. The zero-order valence-corrected chi connectivity index (χ0v) is 14.4. The first kappa shape index (κ1) is 16.7. The molecule has 3 aromatic rings. The minimum atomic E-state index is -4.00. The lowest BCUT2D eigenvalue weighted by molar-refractivity contribution is 0.522. The van der Waals surface area contributed by atoms with Crippen LogP contribution in [0.4, 0.5) is 8.78 Å². The molecule has 0 aliphatic heterocycles. The van der Waals surface area contributed by atoms with Gasteiger partial charge in [0, 0.05) is 35.2 Å². The van der Waals surface area contributed by atoms with Crippen molar-refractivity contribution >= 4 is 21.2 Å².